The fraction of sp³-hybridized carbons (Fsp3) is 0.0476. The van der Waals surface area contributed by atoms with Gasteiger partial charge in [0.2, 0.25) is 0 Å². The van der Waals surface area contributed by atoms with E-state index in [1.807, 2.05) is 62.6 Å². The van der Waals surface area contributed by atoms with Gasteiger partial charge < -0.3 is 0 Å². The minimum absolute atomic E-state index is 0.849. The van der Waals surface area contributed by atoms with Gasteiger partial charge in [0.1, 0.15) is 0 Å². The summed E-state index contributed by atoms with van der Waals surface area (Å²) in [7, 11) is 0. The van der Waals surface area contributed by atoms with E-state index in [-0.39, 0.29) is 0 Å². The Kier molecular flexibility index (Phi) is 6.88. The van der Waals surface area contributed by atoms with Crippen molar-refractivity contribution < 1.29 is 0 Å². The average Bonchev–Trinajstić information content (AvgIpc) is 3.12. The van der Waals surface area contributed by atoms with Gasteiger partial charge in [0.05, 0.1) is 22.8 Å². The van der Waals surface area contributed by atoms with E-state index in [0.717, 1.165) is 83.5 Å². The van der Waals surface area contributed by atoms with Gasteiger partial charge in [-0.1, -0.05) is 91.0 Å². The molecule has 0 saturated heterocycles. The number of pyridine rings is 4. The van der Waals surface area contributed by atoms with Crippen molar-refractivity contribution in [1.82, 2.24) is 19.9 Å². The number of hydrogen-bond acceptors (Lipinski definition) is 4. The van der Waals surface area contributed by atoms with Crippen LogP contribution >= 0.6 is 0 Å². The molecule has 0 saturated carbocycles. The summed E-state index contributed by atoms with van der Waals surface area (Å²) < 4.78 is 0. The molecule has 0 aliphatic carbocycles. The van der Waals surface area contributed by atoms with Gasteiger partial charge in [0, 0.05) is 34.9 Å². The molecule has 0 atom stereocenters. The van der Waals surface area contributed by atoms with Crippen LogP contribution in [0.1, 0.15) is 11.4 Å². The van der Waals surface area contributed by atoms with E-state index < -0.39 is 0 Å². The number of hydrogen-bond donors (Lipinski definition) is 0. The molecular weight excluding hydrogens is 560 g/mol. The number of rotatable bonds is 5. The van der Waals surface area contributed by atoms with Crippen molar-refractivity contribution in [3.8, 4) is 56.2 Å². The highest BCUT2D eigenvalue weighted by Gasteiger charge is 2.23. The predicted octanol–water partition coefficient (Wildman–Crippen LogP) is 10.5. The van der Waals surface area contributed by atoms with Gasteiger partial charge in [-0.05, 0) is 100 Å². The molecule has 0 N–H and O–H groups in total. The number of fused-ring (bicyclic) bond motifs is 2. The number of aryl methyl sites for hydroxylation is 2. The molecule has 4 heterocycles. The monoisotopic (exact) mass is 590 g/mol. The molecule has 8 aromatic rings. The van der Waals surface area contributed by atoms with E-state index in [9.17, 15) is 0 Å². The fourth-order valence-electron chi connectivity index (χ4n) is 6.48. The SMILES string of the molecule is Cc1ccc(-c2c3ccccc3c(-c3ccc(C)nc3-c3ccccn3)c3cc(-c4ccccc4)ccc23)c(-c2ccccn2)n1. The van der Waals surface area contributed by atoms with Crippen LogP contribution in [0.4, 0.5) is 0 Å². The van der Waals surface area contributed by atoms with Crippen molar-refractivity contribution in [3.05, 3.63) is 157 Å². The van der Waals surface area contributed by atoms with Crippen LogP contribution in [0.5, 0.6) is 0 Å². The lowest BCUT2D eigenvalue weighted by molar-refractivity contribution is 1.18. The van der Waals surface area contributed by atoms with Crippen LogP contribution in [0.3, 0.4) is 0 Å². The Morgan fingerprint density at radius 1 is 0.391 bits per heavy atom. The smallest absolute Gasteiger partial charge is 0.0968 e. The molecule has 0 unspecified atom stereocenters. The third-order valence-electron chi connectivity index (χ3n) is 8.55. The summed E-state index contributed by atoms with van der Waals surface area (Å²) in [5.74, 6) is 0. The molecule has 0 spiro atoms. The molecule has 0 radical (unpaired) electrons. The summed E-state index contributed by atoms with van der Waals surface area (Å²) >= 11 is 0. The zero-order valence-corrected chi connectivity index (χ0v) is 25.6. The molecular formula is C42H30N4. The summed E-state index contributed by atoms with van der Waals surface area (Å²) in [6, 6.07) is 46.7. The lowest BCUT2D eigenvalue weighted by atomic mass is 9.83. The highest BCUT2D eigenvalue weighted by Crippen LogP contribution is 2.47. The summed E-state index contributed by atoms with van der Waals surface area (Å²) in [6.45, 7) is 4.07. The number of aromatic nitrogens is 4. The highest BCUT2D eigenvalue weighted by molar-refractivity contribution is 6.23. The molecule has 0 amide bonds. The Balaban J connectivity index is 1.54. The average molecular weight is 591 g/mol. The zero-order valence-electron chi connectivity index (χ0n) is 25.6. The van der Waals surface area contributed by atoms with Crippen molar-refractivity contribution in [2.24, 2.45) is 0 Å². The summed E-state index contributed by atoms with van der Waals surface area (Å²) in [5, 5.41) is 4.58. The van der Waals surface area contributed by atoms with Crippen molar-refractivity contribution in [3.63, 3.8) is 0 Å². The first-order valence-electron chi connectivity index (χ1n) is 15.5. The molecule has 46 heavy (non-hydrogen) atoms. The molecule has 4 aromatic carbocycles. The van der Waals surface area contributed by atoms with Gasteiger partial charge >= 0.3 is 0 Å². The molecule has 4 heteroatoms. The van der Waals surface area contributed by atoms with Crippen molar-refractivity contribution >= 4 is 21.5 Å². The summed E-state index contributed by atoms with van der Waals surface area (Å²) in [6.07, 6.45) is 3.66. The normalized spacial score (nSPS) is 11.3. The third kappa shape index (κ3) is 4.81. The van der Waals surface area contributed by atoms with E-state index in [1.165, 1.54) is 5.56 Å². The molecule has 4 aromatic heterocycles. The second kappa shape index (κ2) is 11.5. The topological polar surface area (TPSA) is 51.6 Å². The summed E-state index contributed by atoms with van der Waals surface area (Å²) in [4.78, 5) is 19.6. The third-order valence-corrected chi connectivity index (χ3v) is 8.55. The van der Waals surface area contributed by atoms with E-state index in [1.54, 1.807) is 0 Å². The van der Waals surface area contributed by atoms with Crippen LogP contribution in [0.25, 0.3) is 77.7 Å². The van der Waals surface area contributed by atoms with Gasteiger partial charge in [0.25, 0.3) is 0 Å². The maximum Gasteiger partial charge on any atom is 0.0968 e. The molecule has 4 nitrogen and oxygen atoms in total. The Labute approximate surface area is 268 Å². The Morgan fingerprint density at radius 3 is 1.43 bits per heavy atom. The number of nitrogens with zero attached hydrogens (tertiary/aromatic N) is 4. The number of benzene rings is 4. The molecule has 0 fully saturated rings. The van der Waals surface area contributed by atoms with Gasteiger partial charge in [-0.25, -0.2) is 0 Å². The summed E-state index contributed by atoms with van der Waals surface area (Å²) in [5.41, 5.74) is 12.1. The van der Waals surface area contributed by atoms with Crippen LogP contribution in [0.15, 0.2) is 146 Å². The molecule has 218 valence electrons. The first-order valence-corrected chi connectivity index (χ1v) is 15.5. The second-order valence-electron chi connectivity index (χ2n) is 11.5. The van der Waals surface area contributed by atoms with Crippen molar-refractivity contribution in [1.29, 1.82) is 0 Å². The van der Waals surface area contributed by atoms with E-state index in [0.29, 0.717) is 0 Å². The Bertz CT molecular complexity index is 2370. The largest absolute Gasteiger partial charge is 0.255 e. The van der Waals surface area contributed by atoms with Crippen LogP contribution in [0, 0.1) is 13.8 Å². The Hall–Kier alpha value is -6.00. The lowest BCUT2D eigenvalue weighted by Gasteiger charge is -2.21. The molecule has 8 rings (SSSR count). The van der Waals surface area contributed by atoms with Crippen molar-refractivity contribution in [2.45, 2.75) is 13.8 Å². The minimum atomic E-state index is 0.849. The predicted molar refractivity (Wildman–Crippen MR) is 189 cm³/mol. The molecule has 0 aliphatic heterocycles. The van der Waals surface area contributed by atoms with Crippen LogP contribution < -0.4 is 0 Å². The maximum atomic E-state index is 5.08. The fourth-order valence-corrected chi connectivity index (χ4v) is 6.48. The van der Waals surface area contributed by atoms with E-state index in [2.05, 4.69) is 97.1 Å². The van der Waals surface area contributed by atoms with Crippen LogP contribution in [0.2, 0.25) is 0 Å². The quantitative estimate of drug-likeness (QED) is 0.187. The van der Waals surface area contributed by atoms with E-state index >= 15 is 0 Å². The first-order chi connectivity index (χ1) is 22.7. The zero-order chi connectivity index (χ0) is 31.0. The van der Waals surface area contributed by atoms with Gasteiger partial charge in [-0.15, -0.1) is 0 Å². The maximum absolute atomic E-state index is 5.08. The van der Waals surface area contributed by atoms with E-state index in [4.69, 9.17) is 19.9 Å². The first kappa shape index (κ1) is 27.5. The van der Waals surface area contributed by atoms with Crippen LogP contribution in [-0.4, -0.2) is 19.9 Å². The van der Waals surface area contributed by atoms with Crippen LogP contribution in [-0.2, 0) is 0 Å². The second-order valence-corrected chi connectivity index (χ2v) is 11.5. The lowest BCUT2D eigenvalue weighted by Crippen LogP contribution is -1.98. The molecule has 0 bridgehead atoms. The Morgan fingerprint density at radius 2 is 0.891 bits per heavy atom. The molecule has 0 aliphatic rings. The minimum Gasteiger partial charge on any atom is -0.255 e. The van der Waals surface area contributed by atoms with Crippen molar-refractivity contribution in [2.75, 3.05) is 0 Å². The van der Waals surface area contributed by atoms with Gasteiger partial charge in [0.15, 0.2) is 0 Å². The van der Waals surface area contributed by atoms with Gasteiger partial charge in [-0.3, -0.25) is 19.9 Å². The standard InChI is InChI=1S/C42H30N4/c1-27-18-21-34(41(45-27)37-16-8-10-24-43-37)39-31-14-6-7-15-32(31)40(35-22-19-28(2)46-42(35)38-17-9-11-25-44-38)36-26-30(20-23-33(36)39)29-12-4-3-5-13-29/h3-26H,1-2H3. The highest BCUT2D eigenvalue weighted by atomic mass is 14.8. The van der Waals surface area contributed by atoms with Gasteiger partial charge in [-0.2, -0.15) is 0 Å².